The molecule has 1 aromatic carbocycles. The Bertz CT molecular complexity index is 543. The number of nitrogens with zero attached hydrogens (tertiary/aromatic N) is 1. The number of carbonyl (C=O) groups excluding carboxylic acids is 1. The summed E-state index contributed by atoms with van der Waals surface area (Å²) in [6.45, 7) is 9.18. The van der Waals surface area contributed by atoms with Crippen LogP contribution in [-0.4, -0.2) is 25.9 Å². The second kappa shape index (κ2) is 8.41. The van der Waals surface area contributed by atoms with Crippen LogP contribution in [0.25, 0.3) is 0 Å². The number of amides is 1. The van der Waals surface area contributed by atoms with Crippen LogP contribution in [-0.2, 0) is 4.74 Å². The molecule has 0 bridgehead atoms. The largest absolute Gasteiger partial charge is 0.492 e. The molecular weight excluding hydrogens is 302 g/mol. The first-order chi connectivity index (χ1) is 11.4. The first-order valence-electron chi connectivity index (χ1n) is 9.10. The molecule has 3 unspecified atom stereocenters. The number of benzene rings is 1. The number of ether oxygens (including phenoxy) is 2. The molecule has 0 aromatic heterocycles. The van der Waals surface area contributed by atoms with Gasteiger partial charge in [-0.25, -0.2) is 4.79 Å². The molecule has 0 aliphatic heterocycles. The molecule has 0 N–H and O–H groups in total. The average Bonchev–Trinajstić information content (AvgIpc) is 2.54. The van der Waals surface area contributed by atoms with Gasteiger partial charge in [0.1, 0.15) is 11.9 Å². The maximum absolute atomic E-state index is 12.7. The van der Waals surface area contributed by atoms with Crippen molar-refractivity contribution in [3.63, 3.8) is 0 Å². The average molecular weight is 333 g/mol. The van der Waals surface area contributed by atoms with Crippen molar-refractivity contribution in [2.24, 2.45) is 17.8 Å². The number of hydrogen-bond donors (Lipinski definition) is 0. The third-order valence-corrected chi connectivity index (χ3v) is 5.01. The van der Waals surface area contributed by atoms with Crippen molar-refractivity contribution in [2.75, 3.05) is 18.6 Å². The topological polar surface area (TPSA) is 38.8 Å². The molecule has 0 radical (unpaired) electrons. The molecule has 4 heteroatoms. The fourth-order valence-corrected chi connectivity index (χ4v) is 3.57. The van der Waals surface area contributed by atoms with Crippen LogP contribution in [0.2, 0.25) is 0 Å². The Morgan fingerprint density at radius 1 is 1.29 bits per heavy atom. The SMILES string of the molecule is CCOc1ccccc1N(C)C(=O)OC1CC(C)CCC1C(C)C. The van der Waals surface area contributed by atoms with Gasteiger partial charge in [-0.1, -0.05) is 39.3 Å². The molecule has 1 aromatic rings. The van der Waals surface area contributed by atoms with E-state index >= 15 is 0 Å². The van der Waals surface area contributed by atoms with Gasteiger partial charge in [0.15, 0.2) is 0 Å². The molecule has 1 aliphatic rings. The number of para-hydroxylation sites is 2. The molecule has 1 saturated carbocycles. The maximum atomic E-state index is 12.7. The highest BCUT2D eigenvalue weighted by Gasteiger charge is 2.34. The summed E-state index contributed by atoms with van der Waals surface area (Å²) in [7, 11) is 1.75. The lowest BCUT2D eigenvalue weighted by molar-refractivity contribution is 0.00985. The van der Waals surface area contributed by atoms with E-state index in [0.717, 1.165) is 18.5 Å². The summed E-state index contributed by atoms with van der Waals surface area (Å²) in [6, 6.07) is 7.57. The first-order valence-corrected chi connectivity index (χ1v) is 9.10. The molecule has 0 saturated heterocycles. The van der Waals surface area contributed by atoms with Gasteiger partial charge in [0.2, 0.25) is 0 Å². The van der Waals surface area contributed by atoms with E-state index in [1.54, 1.807) is 11.9 Å². The third kappa shape index (κ3) is 4.43. The molecule has 1 amide bonds. The van der Waals surface area contributed by atoms with Crippen LogP contribution in [0.3, 0.4) is 0 Å². The predicted molar refractivity (Wildman–Crippen MR) is 97.6 cm³/mol. The normalized spacial score (nSPS) is 23.8. The zero-order valence-electron chi connectivity index (χ0n) is 15.6. The molecule has 24 heavy (non-hydrogen) atoms. The molecular formula is C20H31NO3. The fourth-order valence-electron chi connectivity index (χ4n) is 3.57. The van der Waals surface area contributed by atoms with E-state index in [9.17, 15) is 4.79 Å². The summed E-state index contributed by atoms with van der Waals surface area (Å²) in [5.41, 5.74) is 0.745. The highest BCUT2D eigenvalue weighted by molar-refractivity contribution is 5.89. The van der Waals surface area contributed by atoms with E-state index < -0.39 is 0 Å². The van der Waals surface area contributed by atoms with Crippen molar-refractivity contribution >= 4 is 11.8 Å². The summed E-state index contributed by atoms with van der Waals surface area (Å²) < 4.78 is 11.5. The van der Waals surface area contributed by atoms with Crippen molar-refractivity contribution < 1.29 is 14.3 Å². The van der Waals surface area contributed by atoms with Gasteiger partial charge in [-0.3, -0.25) is 4.90 Å². The number of carbonyl (C=O) groups is 1. The van der Waals surface area contributed by atoms with Crippen LogP contribution in [0.15, 0.2) is 24.3 Å². The van der Waals surface area contributed by atoms with Crippen molar-refractivity contribution in [1.29, 1.82) is 0 Å². The molecule has 2 rings (SSSR count). The highest BCUT2D eigenvalue weighted by atomic mass is 16.6. The summed E-state index contributed by atoms with van der Waals surface area (Å²) >= 11 is 0. The first kappa shape index (κ1) is 18.6. The maximum Gasteiger partial charge on any atom is 0.414 e. The van der Waals surface area contributed by atoms with E-state index in [1.165, 1.54) is 6.42 Å². The molecule has 134 valence electrons. The zero-order valence-corrected chi connectivity index (χ0v) is 15.6. The van der Waals surface area contributed by atoms with Gasteiger partial charge in [0.25, 0.3) is 0 Å². The lowest BCUT2D eigenvalue weighted by Gasteiger charge is -2.37. The lowest BCUT2D eigenvalue weighted by Crippen LogP contribution is -2.39. The lowest BCUT2D eigenvalue weighted by atomic mass is 9.75. The Morgan fingerprint density at radius 3 is 2.67 bits per heavy atom. The quantitative estimate of drug-likeness (QED) is 0.751. The number of anilines is 1. The van der Waals surface area contributed by atoms with E-state index in [-0.39, 0.29) is 12.2 Å². The van der Waals surface area contributed by atoms with Gasteiger partial charge >= 0.3 is 6.09 Å². The number of hydrogen-bond acceptors (Lipinski definition) is 3. The van der Waals surface area contributed by atoms with Crippen LogP contribution in [0.1, 0.15) is 47.0 Å². The summed E-state index contributed by atoms with van der Waals surface area (Å²) in [4.78, 5) is 14.2. The molecule has 4 nitrogen and oxygen atoms in total. The monoisotopic (exact) mass is 333 g/mol. The minimum Gasteiger partial charge on any atom is -0.492 e. The van der Waals surface area contributed by atoms with Gasteiger partial charge in [-0.15, -0.1) is 0 Å². The van der Waals surface area contributed by atoms with Crippen LogP contribution >= 0.6 is 0 Å². The molecule has 3 atom stereocenters. The van der Waals surface area contributed by atoms with Crippen molar-refractivity contribution in [1.82, 2.24) is 0 Å². The second-order valence-electron chi connectivity index (χ2n) is 7.21. The Hall–Kier alpha value is -1.71. The van der Waals surface area contributed by atoms with E-state index in [4.69, 9.17) is 9.47 Å². The van der Waals surface area contributed by atoms with Crippen LogP contribution in [0.4, 0.5) is 10.5 Å². The zero-order chi connectivity index (χ0) is 17.7. The second-order valence-corrected chi connectivity index (χ2v) is 7.21. The van der Waals surface area contributed by atoms with E-state index in [0.29, 0.717) is 30.1 Å². The Morgan fingerprint density at radius 2 is 2.00 bits per heavy atom. The van der Waals surface area contributed by atoms with Gasteiger partial charge in [-0.2, -0.15) is 0 Å². The predicted octanol–water partition coefficient (Wildman–Crippen LogP) is 5.12. The Kier molecular flexibility index (Phi) is 6.52. The summed E-state index contributed by atoms with van der Waals surface area (Å²) in [5, 5.41) is 0. The summed E-state index contributed by atoms with van der Waals surface area (Å²) in [5.74, 6) is 2.28. The molecule has 0 spiro atoms. The standard InChI is InChI=1S/C20H31NO3/c1-6-23-18-10-8-7-9-17(18)21(5)20(22)24-19-13-15(4)11-12-16(19)14(2)3/h7-10,14-16,19H,6,11-13H2,1-5H3. The molecule has 1 fully saturated rings. The van der Waals surface area contributed by atoms with Gasteiger partial charge in [0.05, 0.1) is 12.3 Å². The van der Waals surface area contributed by atoms with Gasteiger partial charge in [-0.05, 0) is 49.7 Å². The van der Waals surface area contributed by atoms with E-state index in [2.05, 4.69) is 20.8 Å². The third-order valence-electron chi connectivity index (χ3n) is 5.01. The van der Waals surface area contributed by atoms with E-state index in [1.807, 2.05) is 31.2 Å². The minimum atomic E-state index is -0.299. The smallest absolute Gasteiger partial charge is 0.414 e. The molecule has 0 heterocycles. The summed E-state index contributed by atoms with van der Waals surface area (Å²) in [6.07, 6.45) is 3.01. The number of rotatable bonds is 5. The van der Waals surface area contributed by atoms with Crippen LogP contribution < -0.4 is 9.64 Å². The van der Waals surface area contributed by atoms with Gasteiger partial charge in [0, 0.05) is 7.05 Å². The Balaban J connectivity index is 2.10. The van der Waals surface area contributed by atoms with Crippen molar-refractivity contribution in [2.45, 2.75) is 53.1 Å². The van der Waals surface area contributed by atoms with Crippen molar-refractivity contribution in [3.05, 3.63) is 24.3 Å². The molecule has 1 aliphatic carbocycles. The van der Waals surface area contributed by atoms with Crippen LogP contribution in [0, 0.1) is 17.8 Å². The highest BCUT2D eigenvalue weighted by Crippen LogP contribution is 2.36. The minimum absolute atomic E-state index is 0.00274. The fraction of sp³-hybridized carbons (Fsp3) is 0.650. The Labute approximate surface area is 146 Å². The van der Waals surface area contributed by atoms with Gasteiger partial charge < -0.3 is 9.47 Å². The van der Waals surface area contributed by atoms with Crippen LogP contribution in [0.5, 0.6) is 5.75 Å². The van der Waals surface area contributed by atoms with Crippen molar-refractivity contribution in [3.8, 4) is 5.75 Å².